The van der Waals surface area contributed by atoms with Gasteiger partial charge in [0.05, 0.1) is 0 Å². The zero-order valence-corrected chi connectivity index (χ0v) is 11.7. The highest BCUT2D eigenvalue weighted by Gasteiger charge is 2.28. The summed E-state index contributed by atoms with van der Waals surface area (Å²) in [4.78, 5) is 0. The largest absolute Gasteiger partial charge is 0.314 e. The van der Waals surface area contributed by atoms with Gasteiger partial charge in [-0.15, -0.1) is 0 Å². The summed E-state index contributed by atoms with van der Waals surface area (Å²) in [5.74, 6) is 1.82. The first-order chi connectivity index (χ1) is 8.27. The molecule has 1 heteroatoms. The molecule has 0 aromatic carbocycles. The van der Waals surface area contributed by atoms with Crippen molar-refractivity contribution >= 4 is 0 Å². The molecule has 1 saturated carbocycles. The predicted octanol–water partition coefficient (Wildman–Crippen LogP) is 4.29. The van der Waals surface area contributed by atoms with E-state index in [0.29, 0.717) is 6.04 Å². The standard InChI is InChI=1S/C16H29N/c1-13(2)17-12-16(15-10-6-7-11-15)14-8-4-3-5-9-14/h8,13,15-17H,3-7,9-12H2,1-2H3. The van der Waals surface area contributed by atoms with Crippen LogP contribution in [0.4, 0.5) is 0 Å². The average Bonchev–Trinajstić information content (AvgIpc) is 2.84. The van der Waals surface area contributed by atoms with E-state index in [9.17, 15) is 0 Å². The van der Waals surface area contributed by atoms with Crippen LogP contribution in [-0.4, -0.2) is 12.6 Å². The Morgan fingerprint density at radius 2 is 1.94 bits per heavy atom. The second-order valence-electron chi connectivity index (χ2n) is 6.24. The maximum atomic E-state index is 3.68. The van der Waals surface area contributed by atoms with Crippen LogP contribution in [0.3, 0.4) is 0 Å². The van der Waals surface area contributed by atoms with Crippen LogP contribution < -0.4 is 5.32 Å². The van der Waals surface area contributed by atoms with Crippen LogP contribution in [-0.2, 0) is 0 Å². The van der Waals surface area contributed by atoms with E-state index in [2.05, 4.69) is 25.2 Å². The Morgan fingerprint density at radius 1 is 1.18 bits per heavy atom. The van der Waals surface area contributed by atoms with Gasteiger partial charge in [-0.3, -0.25) is 0 Å². The lowest BCUT2D eigenvalue weighted by molar-refractivity contribution is 0.344. The van der Waals surface area contributed by atoms with E-state index in [1.54, 1.807) is 5.57 Å². The van der Waals surface area contributed by atoms with E-state index in [-0.39, 0.29) is 0 Å². The van der Waals surface area contributed by atoms with Gasteiger partial charge in [0, 0.05) is 12.6 Å². The van der Waals surface area contributed by atoms with Crippen LogP contribution >= 0.6 is 0 Å². The van der Waals surface area contributed by atoms with Gasteiger partial charge < -0.3 is 5.32 Å². The number of allylic oxidation sites excluding steroid dienone is 1. The number of hydrogen-bond acceptors (Lipinski definition) is 1. The fourth-order valence-electron chi connectivity index (χ4n) is 3.52. The molecule has 0 amide bonds. The topological polar surface area (TPSA) is 12.0 Å². The lowest BCUT2D eigenvalue weighted by Crippen LogP contribution is -2.33. The minimum atomic E-state index is 0.628. The molecule has 0 bridgehead atoms. The lowest BCUT2D eigenvalue weighted by Gasteiger charge is -2.29. The van der Waals surface area contributed by atoms with Gasteiger partial charge in [-0.2, -0.15) is 0 Å². The first kappa shape index (κ1) is 13.1. The van der Waals surface area contributed by atoms with Gasteiger partial charge in [0.1, 0.15) is 0 Å². The average molecular weight is 235 g/mol. The fraction of sp³-hybridized carbons (Fsp3) is 0.875. The first-order valence-electron chi connectivity index (χ1n) is 7.69. The molecule has 0 heterocycles. The van der Waals surface area contributed by atoms with E-state index >= 15 is 0 Å². The lowest BCUT2D eigenvalue weighted by atomic mass is 9.80. The Labute approximate surface area is 107 Å². The van der Waals surface area contributed by atoms with Crippen LogP contribution in [0, 0.1) is 11.8 Å². The molecule has 98 valence electrons. The Kier molecular flexibility index (Phi) is 5.09. The third-order valence-electron chi connectivity index (χ3n) is 4.52. The van der Waals surface area contributed by atoms with Crippen LogP contribution in [0.5, 0.6) is 0 Å². The van der Waals surface area contributed by atoms with Gasteiger partial charge in [-0.1, -0.05) is 38.3 Å². The summed E-state index contributed by atoms with van der Waals surface area (Å²) < 4.78 is 0. The molecule has 1 unspecified atom stereocenters. The normalized spacial score (nSPS) is 24.1. The minimum absolute atomic E-state index is 0.628. The van der Waals surface area contributed by atoms with Crippen molar-refractivity contribution in [1.82, 2.24) is 5.32 Å². The summed E-state index contributed by atoms with van der Waals surface area (Å²) in [7, 11) is 0. The minimum Gasteiger partial charge on any atom is -0.314 e. The summed E-state index contributed by atoms with van der Waals surface area (Å²) in [5.41, 5.74) is 1.79. The van der Waals surface area contributed by atoms with Crippen molar-refractivity contribution in [2.45, 2.75) is 71.3 Å². The van der Waals surface area contributed by atoms with Crippen LogP contribution in [0.15, 0.2) is 11.6 Å². The molecule has 1 N–H and O–H groups in total. The maximum Gasteiger partial charge on any atom is 0.00219 e. The predicted molar refractivity (Wildman–Crippen MR) is 75.1 cm³/mol. The zero-order chi connectivity index (χ0) is 12.1. The molecule has 0 aliphatic heterocycles. The van der Waals surface area contributed by atoms with Crippen molar-refractivity contribution in [3.63, 3.8) is 0 Å². The van der Waals surface area contributed by atoms with E-state index in [1.165, 1.54) is 57.9 Å². The molecule has 2 aliphatic carbocycles. The molecular weight excluding hydrogens is 206 g/mol. The summed E-state index contributed by atoms with van der Waals surface area (Å²) in [6.45, 7) is 5.75. The van der Waals surface area contributed by atoms with Gasteiger partial charge >= 0.3 is 0 Å². The molecule has 0 saturated heterocycles. The van der Waals surface area contributed by atoms with E-state index in [1.807, 2.05) is 0 Å². The monoisotopic (exact) mass is 235 g/mol. The highest BCUT2D eigenvalue weighted by Crippen LogP contribution is 2.38. The van der Waals surface area contributed by atoms with Crippen molar-refractivity contribution in [1.29, 1.82) is 0 Å². The Bertz CT molecular complexity index is 248. The second-order valence-corrected chi connectivity index (χ2v) is 6.24. The first-order valence-corrected chi connectivity index (χ1v) is 7.69. The van der Waals surface area contributed by atoms with E-state index < -0.39 is 0 Å². The molecule has 1 nitrogen and oxygen atoms in total. The highest BCUT2D eigenvalue weighted by atomic mass is 14.9. The molecule has 2 rings (SSSR count). The third-order valence-corrected chi connectivity index (χ3v) is 4.52. The quantitative estimate of drug-likeness (QED) is 0.701. The molecule has 1 fully saturated rings. The molecule has 1 atom stereocenters. The second kappa shape index (κ2) is 6.58. The van der Waals surface area contributed by atoms with Crippen LogP contribution in [0.1, 0.15) is 65.2 Å². The Hall–Kier alpha value is -0.300. The molecular formula is C16H29N. The molecule has 0 radical (unpaired) electrons. The van der Waals surface area contributed by atoms with Crippen molar-refractivity contribution < 1.29 is 0 Å². The van der Waals surface area contributed by atoms with Gasteiger partial charge in [0.25, 0.3) is 0 Å². The van der Waals surface area contributed by atoms with Gasteiger partial charge in [-0.05, 0) is 50.4 Å². The van der Waals surface area contributed by atoms with Crippen molar-refractivity contribution in [3.05, 3.63) is 11.6 Å². The SMILES string of the molecule is CC(C)NCC(C1=CCCCC1)C1CCCC1. The van der Waals surface area contributed by atoms with Crippen molar-refractivity contribution in [2.24, 2.45) is 11.8 Å². The summed E-state index contributed by atoms with van der Waals surface area (Å²) in [6, 6.07) is 0.628. The molecule has 0 spiro atoms. The van der Waals surface area contributed by atoms with Gasteiger partial charge in [-0.25, -0.2) is 0 Å². The number of rotatable bonds is 5. The Morgan fingerprint density at radius 3 is 2.53 bits per heavy atom. The summed E-state index contributed by atoms with van der Waals surface area (Å²) in [5, 5.41) is 3.68. The highest BCUT2D eigenvalue weighted by molar-refractivity contribution is 5.12. The molecule has 0 aromatic heterocycles. The van der Waals surface area contributed by atoms with Gasteiger partial charge in [0.15, 0.2) is 0 Å². The summed E-state index contributed by atoms with van der Waals surface area (Å²) >= 11 is 0. The third kappa shape index (κ3) is 3.84. The van der Waals surface area contributed by atoms with E-state index in [4.69, 9.17) is 0 Å². The molecule has 0 aromatic rings. The number of hydrogen-bond donors (Lipinski definition) is 1. The zero-order valence-electron chi connectivity index (χ0n) is 11.7. The smallest absolute Gasteiger partial charge is 0.00219 e. The Balaban J connectivity index is 1.97. The fourth-order valence-corrected chi connectivity index (χ4v) is 3.52. The van der Waals surface area contributed by atoms with Crippen LogP contribution in [0.2, 0.25) is 0 Å². The maximum absolute atomic E-state index is 3.68. The molecule has 17 heavy (non-hydrogen) atoms. The summed E-state index contributed by atoms with van der Waals surface area (Å²) in [6.07, 6.45) is 14.0. The van der Waals surface area contributed by atoms with Gasteiger partial charge in [0.2, 0.25) is 0 Å². The van der Waals surface area contributed by atoms with Crippen molar-refractivity contribution in [2.75, 3.05) is 6.54 Å². The molecule has 2 aliphatic rings. The van der Waals surface area contributed by atoms with E-state index in [0.717, 1.165) is 11.8 Å². The van der Waals surface area contributed by atoms with Crippen molar-refractivity contribution in [3.8, 4) is 0 Å². The van der Waals surface area contributed by atoms with Crippen LogP contribution in [0.25, 0.3) is 0 Å². The number of nitrogens with one attached hydrogen (secondary N) is 1.